The number of nitrogens with two attached hydrogens (primary N) is 1. The molecule has 0 heterocycles. The molecule has 3 N–H and O–H groups in total. The molecule has 0 rings (SSSR count). The summed E-state index contributed by atoms with van der Waals surface area (Å²) in [6.45, 7) is 7.79. The molecule has 0 aliphatic carbocycles. The van der Waals surface area contributed by atoms with Crippen LogP contribution >= 0.6 is 0 Å². The highest BCUT2D eigenvalue weighted by Crippen LogP contribution is 2.33. The lowest BCUT2D eigenvalue weighted by molar-refractivity contribution is -0.161. The van der Waals surface area contributed by atoms with Gasteiger partial charge in [0.05, 0.1) is 18.3 Å². The van der Waals surface area contributed by atoms with E-state index < -0.39 is 23.3 Å². The van der Waals surface area contributed by atoms with Gasteiger partial charge < -0.3 is 20.3 Å². The van der Waals surface area contributed by atoms with E-state index in [4.69, 9.17) is 20.3 Å². The third-order valence-electron chi connectivity index (χ3n) is 2.99. The van der Waals surface area contributed by atoms with E-state index in [1.165, 1.54) is 0 Å². The molecule has 1 atom stereocenters. The van der Waals surface area contributed by atoms with Gasteiger partial charge in [0.2, 0.25) is 0 Å². The van der Waals surface area contributed by atoms with Gasteiger partial charge in [-0.1, -0.05) is 20.8 Å². The minimum atomic E-state index is -1.07. The van der Waals surface area contributed by atoms with E-state index in [-0.39, 0.29) is 38.0 Å². The Labute approximate surface area is 131 Å². The normalized spacial score (nSPS) is 14.0. The van der Waals surface area contributed by atoms with Crippen LogP contribution in [0.25, 0.3) is 0 Å². The molecule has 1 unspecified atom stereocenters. The van der Waals surface area contributed by atoms with E-state index in [9.17, 15) is 14.4 Å². The highest BCUT2D eigenvalue weighted by Gasteiger charge is 2.37. The summed E-state index contributed by atoms with van der Waals surface area (Å²) < 4.78 is 9.89. The number of carboxylic acids is 1. The van der Waals surface area contributed by atoms with E-state index >= 15 is 0 Å². The Hall–Kier alpha value is -1.63. The lowest BCUT2D eigenvalue weighted by Crippen LogP contribution is -2.40. The number of rotatable bonds is 9. The van der Waals surface area contributed by atoms with Gasteiger partial charge in [0.1, 0.15) is 13.2 Å². The summed E-state index contributed by atoms with van der Waals surface area (Å²) in [6.07, 6.45) is 0.0942. The molecule has 0 amide bonds. The van der Waals surface area contributed by atoms with Gasteiger partial charge in [0.15, 0.2) is 0 Å². The number of carboxylic acid groups (broad SMARTS) is 1. The summed E-state index contributed by atoms with van der Waals surface area (Å²) in [6, 6.07) is 0. The van der Waals surface area contributed by atoms with Crippen LogP contribution in [0, 0.1) is 10.8 Å². The predicted octanol–water partition coefficient (Wildman–Crippen LogP) is 1.34. The molecule has 0 aromatic carbocycles. The highest BCUT2D eigenvalue weighted by molar-refractivity contribution is 5.77. The van der Waals surface area contributed by atoms with Crippen LogP contribution in [0.1, 0.15) is 47.0 Å². The molecule has 0 aromatic heterocycles. The number of esters is 2. The smallest absolute Gasteiger partial charge is 0.313 e. The largest absolute Gasteiger partial charge is 0.481 e. The Morgan fingerprint density at radius 3 is 2.00 bits per heavy atom. The summed E-state index contributed by atoms with van der Waals surface area (Å²) in [4.78, 5) is 33.6. The van der Waals surface area contributed by atoms with Gasteiger partial charge in [-0.25, -0.2) is 0 Å². The molecule has 0 saturated carbocycles. The summed E-state index contributed by atoms with van der Waals surface area (Å²) in [5, 5.41) is 8.43. The third-order valence-corrected chi connectivity index (χ3v) is 2.99. The standard InChI is InChI=1S/C15H27NO6/c1-14(2,3)9-15(4,10-16)13(20)22-8-7-21-12(19)6-5-11(17)18/h5-10,16H2,1-4H3,(H,17,18). The highest BCUT2D eigenvalue weighted by atomic mass is 16.6. The van der Waals surface area contributed by atoms with Crippen molar-refractivity contribution in [1.82, 2.24) is 0 Å². The fourth-order valence-electron chi connectivity index (χ4n) is 2.14. The predicted molar refractivity (Wildman–Crippen MR) is 80.0 cm³/mol. The molecule has 0 bridgehead atoms. The molecule has 0 fully saturated rings. The first kappa shape index (κ1) is 20.4. The van der Waals surface area contributed by atoms with Crippen LogP contribution in [-0.4, -0.2) is 42.8 Å². The van der Waals surface area contributed by atoms with Crippen molar-refractivity contribution < 1.29 is 29.0 Å². The number of hydrogen-bond donors (Lipinski definition) is 2. The van der Waals surface area contributed by atoms with Crippen molar-refractivity contribution in [3.63, 3.8) is 0 Å². The van der Waals surface area contributed by atoms with Crippen LogP contribution in [0.15, 0.2) is 0 Å². The number of aliphatic carboxylic acids is 1. The molecule has 0 aromatic rings. The fraction of sp³-hybridized carbons (Fsp3) is 0.800. The van der Waals surface area contributed by atoms with Crippen molar-refractivity contribution in [3.8, 4) is 0 Å². The minimum Gasteiger partial charge on any atom is -0.481 e. The van der Waals surface area contributed by atoms with Gasteiger partial charge in [-0.2, -0.15) is 0 Å². The molecular weight excluding hydrogens is 290 g/mol. The van der Waals surface area contributed by atoms with Crippen LogP contribution in [0.2, 0.25) is 0 Å². The zero-order chi connectivity index (χ0) is 17.4. The first-order chi connectivity index (χ1) is 10.00. The van der Waals surface area contributed by atoms with Crippen LogP contribution in [0.3, 0.4) is 0 Å². The SMILES string of the molecule is CC(C)(C)CC(C)(CN)C(=O)OCCOC(=O)CCC(=O)O. The summed E-state index contributed by atoms with van der Waals surface area (Å²) >= 11 is 0. The third kappa shape index (κ3) is 8.61. The van der Waals surface area contributed by atoms with Gasteiger partial charge in [-0.3, -0.25) is 14.4 Å². The van der Waals surface area contributed by atoms with E-state index in [1.54, 1.807) is 6.92 Å². The molecular formula is C15H27NO6. The van der Waals surface area contributed by atoms with Gasteiger partial charge in [0, 0.05) is 6.54 Å². The van der Waals surface area contributed by atoms with Crippen LogP contribution in [0.5, 0.6) is 0 Å². The van der Waals surface area contributed by atoms with Gasteiger partial charge in [-0.05, 0) is 18.8 Å². The van der Waals surface area contributed by atoms with Crippen molar-refractivity contribution in [2.24, 2.45) is 16.6 Å². The Kier molecular flexibility index (Phi) is 8.08. The Morgan fingerprint density at radius 2 is 1.55 bits per heavy atom. The van der Waals surface area contributed by atoms with Crippen molar-refractivity contribution in [2.45, 2.75) is 47.0 Å². The quantitative estimate of drug-likeness (QED) is 0.487. The molecule has 0 saturated heterocycles. The Morgan fingerprint density at radius 1 is 1.00 bits per heavy atom. The minimum absolute atomic E-state index is 0.0720. The lowest BCUT2D eigenvalue weighted by Gasteiger charge is -2.32. The van der Waals surface area contributed by atoms with Crippen LogP contribution in [-0.2, 0) is 23.9 Å². The zero-order valence-corrected chi connectivity index (χ0v) is 13.8. The lowest BCUT2D eigenvalue weighted by atomic mass is 9.75. The maximum Gasteiger partial charge on any atom is 0.313 e. The fourth-order valence-corrected chi connectivity index (χ4v) is 2.14. The summed E-state index contributed by atoms with van der Waals surface area (Å²) in [7, 11) is 0. The number of carbonyl (C=O) groups excluding carboxylic acids is 2. The maximum absolute atomic E-state index is 12.1. The number of hydrogen-bond acceptors (Lipinski definition) is 6. The van der Waals surface area contributed by atoms with E-state index in [2.05, 4.69) is 0 Å². The molecule has 0 aliphatic rings. The van der Waals surface area contributed by atoms with Crippen molar-refractivity contribution in [2.75, 3.05) is 19.8 Å². The van der Waals surface area contributed by atoms with Crippen molar-refractivity contribution >= 4 is 17.9 Å². The Bertz CT molecular complexity index is 401. The number of carbonyl (C=O) groups is 3. The van der Waals surface area contributed by atoms with E-state index in [0.29, 0.717) is 6.42 Å². The van der Waals surface area contributed by atoms with Crippen LogP contribution < -0.4 is 5.73 Å². The average molecular weight is 317 g/mol. The second kappa shape index (κ2) is 8.73. The summed E-state index contributed by atoms with van der Waals surface area (Å²) in [5.41, 5.74) is 4.83. The maximum atomic E-state index is 12.1. The summed E-state index contributed by atoms with van der Waals surface area (Å²) in [5.74, 6) is -2.12. The van der Waals surface area contributed by atoms with Gasteiger partial charge in [-0.15, -0.1) is 0 Å². The number of ether oxygens (including phenoxy) is 2. The Balaban J connectivity index is 4.16. The zero-order valence-electron chi connectivity index (χ0n) is 13.8. The molecule has 0 radical (unpaired) electrons. The first-order valence-corrected chi connectivity index (χ1v) is 7.25. The monoisotopic (exact) mass is 317 g/mol. The molecule has 0 spiro atoms. The van der Waals surface area contributed by atoms with Crippen molar-refractivity contribution in [3.05, 3.63) is 0 Å². The van der Waals surface area contributed by atoms with E-state index in [0.717, 1.165) is 0 Å². The molecule has 128 valence electrons. The van der Waals surface area contributed by atoms with Crippen molar-refractivity contribution in [1.29, 1.82) is 0 Å². The second-order valence-corrected chi connectivity index (χ2v) is 6.75. The van der Waals surface area contributed by atoms with Gasteiger partial charge >= 0.3 is 17.9 Å². The molecule has 7 heteroatoms. The van der Waals surface area contributed by atoms with Crippen LogP contribution in [0.4, 0.5) is 0 Å². The van der Waals surface area contributed by atoms with E-state index in [1.807, 2.05) is 20.8 Å². The topological polar surface area (TPSA) is 116 Å². The average Bonchev–Trinajstić information content (AvgIpc) is 2.38. The molecule has 22 heavy (non-hydrogen) atoms. The first-order valence-electron chi connectivity index (χ1n) is 7.25. The molecule has 7 nitrogen and oxygen atoms in total. The second-order valence-electron chi connectivity index (χ2n) is 6.75. The van der Waals surface area contributed by atoms with Gasteiger partial charge in [0.25, 0.3) is 0 Å². The molecule has 0 aliphatic heterocycles.